The molecule has 1 atom stereocenters. The van der Waals surface area contributed by atoms with Gasteiger partial charge in [-0.3, -0.25) is 9.59 Å². The first-order valence-electron chi connectivity index (χ1n) is 8.05. The molecule has 23 heavy (non-hydrogen) atoms. The topological polar surface area (TPSA) is 83.6 Å². The number of pyridine rings is 1. The van der Waals surface area contributed by atoms with Crippen LogP contribution in [0.25, 0.3) is 0 Å². The zero-order valence-electron chi connectivity index (χ0n) is 13.1. The summed E-state index contributed by atoms with van der Waals surface area (Å²) in [7, 11) is 0. The van der Waals surface area contributed by atoms with Crippen LogP contribution in [0.1, 0.15) is 18.4 Å². The summed E-state index contributed by atoms with van der Waals surface area (Å²) in [6.45, 7) is 3.89. The normalized spacial score (nSPS) is 21.7. The second kappa shape index (κ2) is 7.41. The molecule has 0 spiro atoms. The van der Waals surface area contributed by atoms with Crippen molar-refractivity contribution in [2.45, 2.75) is 19.4 Å². The van der Waals surface area contributed by atoms with Gasteiger partial charge in [-0.2, -0.15) is 0 Å². The first-order chi connectivity index (χ1) is 11.2. The molecule has 0 bridgehead atoms. The monoisotopic (exact) mass is 318 g/mol. The molecule has 2 aliphatic rings. The van der Waals surface area contributed by atoms with E-state index in [0.29, 0.717) is 39.1 Å². The maximum Gasteiger partial charge on any atom is 0.225 e. The van der Waals surface area contributed by atoms with Gasteiger partial charge in [-0.25, -0.2) is 4.98 Å². The Kier molecular flexibility index (Phi) is 5.07. The van der Waals surface area contributed by atoms with E-state index >= 15 is 0 Å². The van der Waals surface area contributed by atoms with E-state index in [4.69, 9.17) is 4.74 Å². The Morgan fingerprint density at radius 1 is 1.43 bits per heavy atom. The number of piperidine rings is 1. The van der Waals surface area contributed by atoms with Crippen molar-refractivity contribution >= 4 is 17.6 Å². The fourth-order valence-electron chi connectivity index (χ4n) is 2.91. The first kappa shape index (κ1) is 15.7. The standard InChI is InChI=1S/C16H22N4O3/c21-14-4-3-13(11-18-14)16(22)19-10-12-2-1-5-17-15(12)20-6-8-23-9-7-20/h1-2,5,13H,3-4,6-11H2,(H,18,21)(H,19,22). The molecular weight excluding hydrogens is 296 g/mol. The van der Waals surface area contributed by atoms with Crippen LogP contribution in [-0.4, -0.2) is 49.6 Å². The minimum atomic E-state index is -0.142. The van der Waals surface area contributed by atoms with Crippen LogP contribution in [0.5, 0.6) is 0 Å². The molecule has 7 heteroatoms. The van der Waals surface area contributed by atoms with Gasteiger partial charge in [-0.1, -0.05) is 6.07 Å². The maximum absolute atomic E-state index is 12.2. The van der Waals surface area contributed by atoms with Crippen molar-refractivity contribution in [1.82, 2.24) is 15.6 Å². The Bertz CT molecular complexity index is 562. The van der Waals surface area contributed by atoms with Crippen LogP contribution in [0.2, 0.25) is 0 Å². The van der Waals surface area contributed by atoms with Crippen LogP contribution >= 0.6 is 0 Å². The number of nitrogens with one attached hydrogen (secondary N) is 2. The number of hydrogen-bond acceptors (Lipinski definition) is 5. The van der Waals surface area contributed by atoms with Gasteiger partial charge in [-0.05, 0) is 12.5 Å². The summed E-state index contributed by atoms with van der Waals surface area (Å²) in [5, 5.41) is 5.71. The molecule has 0 aliphatic carbocycles. The summed E-state index contributed by atoms with van der Waals surface area (Å²) >= 11 is 0. The predicted molar refractivity (Wildman–Crippen MR) is 84.8 cm³/mol. The molecule has 7 nitrogen and oxygen atoms in total. The van der Waals surface area contributed by atoms with E-state index in [1.807, 2.05) is 12.1 Å². The Labute approximate surface area is 135 Å². The van der Waals surface area contributed by atoms with E-state index < -0.39 is 0 Å². The Morgan fingerprint density at radius 3 is 3.00 bits per heavy atom. The number of morpholine rings is 1. The highest BCUT2D eigenvalue weighted by molar-refractivity contribution is 5.83. The van der Waals surface area contributed by atoms with Crippen LogP contribution in [0.4, 0.5) is 5.82 Å². The number of aromatic nitrogens is 1. The molecule has 0 saturated carbocycles. The average molecular weight is 318 g/mol. The Hall–Kier alpha value is -2.15. The van der Waals surface area contributed by atoms with Crippen LogP contribution in [0.3, 0.4) is 0 Å². The third-order valence-electron chi connectivity index (χ3n) is 4.27. The minimum Gasteiger partial charge on any atom is -0.378 e. The summed E-state index contributed by atoms with van der Waals surface area (Å²) in [6.07, 6.45) is 2.80. The molecule has 124 valence electrons. The number of anilines is 1. The van der Waals surface area contributed by atoms with Gasteiger partial charge < -0.3 is 20.3 Å². The van der Waals surface area contributed by atoms with Crippen molar-refractivity contribution in [3.63, 3.8) is 0 Å². The largest absolute Gasteiger partial charge is 0.378 e. The van der Waals surface area contributed by atoms with Crippen LogP contribution in [0, 0.1) is 5.92 Å². The first-order valence-corrected chi connectivity index (χ1v) is 8.05. The van der Waals surface area contributed by atoms with E-state index in [1.165, 1.54) is 0 Å². The second-order valence-electron chi connectivity index (χ2n) is 5.84. The van der Waals surface area contributed by atoms with Crippen molar-refractivity contribution in [3.05, 3.63) is 23.9 Å². The van der Waals surface area contributed by atoms with Crippen LogP contribution < -0.4 is 15.5 Å². The number of hydrogen-bond donors (Lipinski definition) is 2. The summed E-state index contributed by atoms with van der Waals surface area (Å²) in [6, 6.07) is 3.87. The lowest BCUT2D eigenvalue weighted by atomic mass is 9.98. The summed E-state index contributed by atoms with van der Waals surface area (Å²) in [5.74, 6) is 0.780. The number of rotatable bonds is 4. The molecule has 3 heterocycles. The summed E-state index contributed by atoms with van der Waals surface area (Å²) in [5.41, 5.74) is 1.00. The lowest BCUT2D eigenvalue weighted by molar-refractivity contribution is -0.129. The summed E-state index contributed by atoms with van der Waals surface area (Å²) in [4.78, 5) is 30.1. The van der Waals surface area contributed by atoms with Crippen molar-refractivity contribution in [1.29, 1.82) is 0 Å². The lowest BCUT2D eigenvalue weighted by Gasteiger charge is -2.29. The molecule has 2 fully saturated rings. The van der Waals surface area contributed by atoms with Crippen molar-refractivity contribution in [2.75, 3.05) is 37.7 Å². The van der Waals surface area contributed by atoms with Gasteiger partial charge in [-0.15, -0.1) is 0 Å². The van der Waals surface area contributed by atoms with Gasteiger partial charge in [0, 0.05) is 44.4 Å². The molecule has 0 aromatic carbocycles. The number of carbonyl (C=O) groups excluding carboxylic acids is 2. The summed E-state index contributed by atoms with van der Waals surface area (Å²) < 4.78 is 5.37. The molecule has 2 aliphatic heterocycles. The Morgan fingerprint density at radius 2 is 2.26 bits per heavy atom. The average Bonchev–Trinajstić information content (AvgIpc) is 2.61. The molecule has 0 radical (unpaired) electrons. The molecular formula is C16H22N4O3. The number of ether oxygens (including phenoxy) is 1. The van der Waals surface area contributed by atoms with Gasteiger partial charge in [0.25, 0.3) is 0 Å². The molecule has 1 unspecified atom stereocenters. The van der Waals surface area contributed by atoms with Crippen molar-refractivity contribution in [3.8, 4) is 0 Å². The van der Waals surface area contributed by atoms with E-state index in [9.17, 15) is 9.59 Å². The van der Waals surface area contributed by atoms with Gasteiger partial charge in [0.2, 0.25) is 11.8 Å². The second-order valence-corrected chi connectivity index (χ2v) is 5.84. The highest BCUT2D eigenvalue weighted by Crippen LogP contribution is 2.19. The zero-order chi connectivity index (χ0) is 16.1. The number of nitrogens with zero attached hydrogens (tertiary/aromatic N) is 2. The fourth-order valence-corrected chi connectivity index (χ4v) is 2.91. The van der Waals surface area contributed by atoms with Gasteiger partial charge in [0.1, 0.15) is 5.82 Å². The van der Waals surface area contributed by atoms with Crippen LogP contribution in [0.15, 0.2) is 18.3 Å². The zero-order valence-corrected chi connectivity index (χ0v) is 13.1. The number of amides is 2. The molecule has 2 amide bonds. The molecule has 1 aromatic rings. The smallest absolute Gasteiger partial charge is 0.225 e. The van der Waals surface area contributed by atoms with Crippen molar-refractivity contribution in [2.24, 2.45) is 5.92 Å². The van der Waals surface area contributed by atoms with E-state index in [2.05, 4.69) is 20.5 Å². The van der Waals surface area contributed by atoms with E-state index in [0.717, 1.165) is 24.5 Å². The molecule has 2 N–H and O–H groups in total. The maximum atomic E-state index is 12.2. The highest BCUT2D eigenvalue weighted by Gasteiger charge is 2.24. The van der Waals surface area contributed by atoms with E-state index in [1.54, 1.807) is 6.20 Å². The van der Waals surface area contributed by atoms with Gasteiger partial charge >= 0.3 is 0 Å². The predicted octanol–water partition coefficient (Wildman–Crippen LogP) is 0.0606. The quantitative estimate of drug-likeness (QED) is 0.820. The lowest BCUT2D eigenvalue weighted by Crippen LogP contribution is -2.43. The molecule has 1 aromatic heterocycles. The molecule has 3 rings (SSSR count). The van der Waals surface area contributed by atoms with Gasteiger partial charge in [0.05, 0.1) is 19.1 Å². The highest BCUT2D eigenvalue weighted by atomic mass is 16.5. The number of carbonyl (C=O) groups is 2. The molecule has 2 saturated heterocycles. The SMILES string of the molecule is O=C1CCC(C(=O)NCc2cccnc2N2CCOCC2)CN1. The third-order valence-corrected chi connectivity index (χ3v) is 4.27. The third kappa shape index (κ3) is 3.98. The van der Waals surface area contributed by atoms with Crippen LogP contribution in [-0.2, 0) is 20.9 Å². The fraction of sp³-hybridized carbons (Fsp3) is 0.562. The van der Waals surface area contributed by atoms with Gasteiger partial charge in [0.15, 0.2) is 0 Å². The van der Waals surface area contributed by atoms with Crippen molar-refractivity contribution < 1.29 is 14.3 Å². The minimum absolute atomic E-state index is 0.0122. The Balaban J connectivity index is 1.59. The van der Waals surface area contributed by atoms with E-state index in [-0.39, 0.29) is 17.7 Å².